The van der Waals surface area contributed by atoms with Crippen molar-refractivity contribution < 1.29 is 36.8 Å². The Morgan fingerprint density at radius 1 is 1.18 bits per heavy atom. The van der Waals surface area contributed by atoms with Gasteiger partial charge in [0.2, 0.25) is 5.78 Å². The van der Waals surface area contributed by atoms with Crippen LogP contribution in [0.1, 0.15) is 27.7 Å². The van der Waals surface area contributed by atoms with E-state index in [1.165, 1.54) is 12.2 Å². The number of nitrogens with one attached hydrogen (secondary N) is 1. The standard InChI is InChI=1S/C18H24F3NO5Si/c1-10(9-23)15(27-28(5,6)17(2,3)4)12-7-11(24)8-13(14(12)25)22-16(26)18(19,20)21/h7-10,15H,1-6H3,(H,22,26)/t10-,15+/m1/s1. The van der Waals surface area contributed by atoms with Gasteiger partial charge in [0.05, 0.1) is 11.8 Å². The molecule has 0 heterocycles. The summed E-state index contributed by atoms with van der Waals surface area (Å²) in [6.07, 6.45) is -4.25. The van der Waals surface area contributed by atoms with Crippen molar-refractivity contribution in [2.75, 3.05) is 0 Å². The van der Waals surface area contributed by atoms with Gasteiger partial charge < -0.3 is 14.5 Å². The van der Waals surface area contributed by atoms with Crippen molar-refractivity contribution in [2.45, 2.75) is 58.1 Å². The number of alkyl halides is 3. The van der Waals surface area contributed by atoms with Gasteiger partial charge in [-0.05, 0) is 24.2 Å². The molecule has 1 aliphatic rings. The number of Topliss-reactive ketones (excluding diaryl/α,β-unsaturated/α-hetero) is 1. The van der Waals surface area contributed by atoms with E-state index in [2.05, 4.69) is 0 Å². The molecule has 0 radical (unpaired) electrons. The maximum Gasteiger partial charge on any atom is 0.471 e. The summed E-state index contributed by atoms with van der Waals surface area (Å²) >= 11 is 0. The molecule has 0 aliphatic heterocycles. The number of ketones is 2. The van der Waals surface area contributed by atoms with Gasteiger partial charge in [-0.15, -0.1) is 0 Å². The molecule has 0 fully saturated rings. The van der Waals surface area contributed by atoms with Crippen molar-refractivity contribution in [3.8, 4) is 0 Å². The lowest BCUT2D eigenvalue weighted by Gasteiger charge is -2.41. The first-order valence-corrected chi connectivity index (χ1v) is 11.5. The molecule has 0 spiro atoms. The monoisotopic (exact) mass is 419 g/mol. The van der Waals surface area contributed by atoms with Crippen molar-refractivity contribution >= 4 is 32.1 Å². The quantitative estimate of drug-likeness (QED) is 0.406. The van der Waals surface area contributed by atoms with Crippen LogP contribution in [0.3, 0.4) is 0 Å². The summed E-state index contributed by atoms with van der Waals surface area (Å²) < 4.78 is 43.7. The van der Waals surface area contributed by atoms with E-state index in [0.29, 0.717) is 12.4 Å². The van der Waals surface area contributed by atoms with Gasteiger partial charge in [0.25, 0.3) is 0 Å². The molecule has 0 bridgehead atoms. The predicted octanol–water partition coefficient (Wildman–Crippen LogP) is 2.85. The lowest BCUT2D eigenvalue weighted by atomic mass is 9.90. The van der Waals surface area contributed by atoms with Gasteiger partial charge in [-0.1, -0.05) is 27.7 Å². The summed E-state index contributed by atoms with van der Waals surface area (Å²) in [6.45, 7) is 11.0. The van der Waals surface area contributed by atoms with Crippen LogP contribution in [0.2, 0.25) is 18.1 Å². The molecular weight excluding hydrogens is 395 g/mol. The SMILES string of the molecule is C[C@H](C=O)[C@H](O[Si](C)(C)C(C)(C)C)C1=CC(=O)C=C(NC(=O)C(F)(F)F)C1=O. The molecule has 1 N–H and O–H groups in total. The normalized spacial score (nSPS) is 18.2. The Morgan fingerprint density at radius 2 is 1.71 bits per heavy atom. The number of rotatable bonds is 6. The largest absolute Gasteiger partial charge is 0.471 e. The number of carbonyl (C=O) groups is 4. The van der Waals surface area contributed by atoms with E-state index in [4.69, 9.17) is 4.43 Å². The lowest BCUT2D eigenvalue weighted by molar-refractivity contribution is -0.172. The zero-order valence-corrected chi connectivity index (χ0v) is 17.6. The van der Waals surface area contributed by atoms with Gasteiger partial charge in [-0.2, -0.15) is 13.2 Å². The molecule has 0 saturated heterocycles. The third-order valence-electron chi connectivity index (χ3n) is 4.82. The highest BCUT2D eigenvalue weighted by Crippen LogP contribution is 2.39. The second kappa shape index (κ2) is 8.12. The van der Waals surface area contributed by atoms with E-state index in [0.717, 1.165) is 6.08 Å². The number of hydrogen-bond donors (Lipinski definition) is 1. The number of allylic oxidation sites excluding steroid dienone is 3. The highest BCUT2D eigenvalue weighted by molar-refractivity contribution is 6.74. The van der Waals surface area contributed by atoms with E-state index in [1.54, 1.807) is 0 Å². The summed E-state index contributed by atoms with van der Waals surface area (Å²) in [5.74, 6) is -4.98. The van der Waals surface area contributed by atoms with Crippen LogP contribution in [0.15, 0.2) is 23.4 Å². The first-order valence-electron chi connectivity index (χ1n) is 8.54. The number of amides is 1. The molecule has 10 heteroatoms. The van der Waals surface area contributed by atoms with Crippen LogP contribution in [0, 0.1) is 5.92 Å². The lowest BCUT2D eigenvalue weighted by Crippen LogP contribution is -2.48. The summed E-state index contributed by atoms with van der Waals surface area (Å²) in [5.41, 5.74) is -1.05. The fraction of sp³-hybridized carbons (Fsp3) is 0.556. The summed E-state index contributed by atoms with van der Waals surface area (Å²) in [6, 6.07) is 0. The summed E-state index contributed by atoms with van der Waals surface area (Å²) in [5, 5.41) is 1.13. The maximum atomic E-state index is 12.7. The van der Waals surface area contributed by atoms with Crippen LogP contribution >= 0.6 is 0 Å². The Bertz CT molecular complexity index is 747. The van der Waals surface area contributed by atoms with Gasteiger partial charge in [-0.3, -0.25) is 14.4 Å². The molecule has 6 nitrogen and oxygen atoms in total. The minimum Gasteiger partial charge on any atom is -0.409 e. The zero-order chi connectivity index (χ0) is 22.1. The van der Waals surface area contributed by atoms with Crippen LogP contribution in [0.4, 0.5) is 13.2 Å². The first-order chi connectivity index (χ1) is 12.5. The van der Waals surface area contributed by atoms with Crippen LogP contribution in [0.25, 0.3) is 0 Å². The molecule has 0 aromatic carbocycles. The number of carbonyl (C=O) groups excluding carboxylic acids is 4. The van der Waals surface area contributed by atoms with Crippen molar-refractivity contribution in [1.82, 2.24) is 5.32 Å². The fourth-order valence-corrected chi connectivity index (χ4v) is 3.47. The van der Waals surface area contributed by atoms with E-state index < -0.39 is 49.7 Å². The molecule has 2 atom stereocenters. The Balaban J connectivity index is 3.28. The number of halogens is 3. The average molecular weight is 419 g/mol. The smallest absolute Gasteiger partial charge is 0.409 e. The van der Waals surface area contributed by atoms with E-state index in [-0.39, 0.29) is 10.6 Å². The van der Waals surface area contributed by atoms with Crippen molar-refractivity contribution in [3.63, 3.8) is 0 Å². The molecule has 0 aromatic rings. The second-order valence-electron chi connectivity index (χ2n) is 8.14. The molecule has 156 valence electrons. The maximum absolute atomic E-state index is 12.7. The highest BCUT2D eigenvalue weighted by Gasteiger charge is 2.44. The molecule has 0 aromatic heterocycles. The Kier molecular flexibility index (Phi) is 6.95. The van der Waals surface area contributed by atoms with Gasteiger partial charge in [0, 0.05) is 17.6 Å². The van der Waals surface area contributed by atoms with E-state index in [9.17, 15) is 32.3 Å². The zero-order valence-electron chi connectivity index (χ0n) is 16.6. The Hall–Kier alpha value is -2.07. The Morgan fingerprint density at radius 3 is 2.14 bits per heavy atom. The second-order valence-corrected chi connectivity index (χ2v) is 12.9. The van der Waals surface area contributed by atoms with E-state index >= 15 is 0 Å². The molecule has 0 unspecified atom stereocenters. The molecular formula is C18H24F3NO5Si. The first kappa shape index (κ1) is 24.0. The molecule has 1 rings (SSSR count). The van der Waals surface area contributed by atoms with Gasteiger partial charge in [0.1, 0.15) is 6.29 Å². The topological polar surface area (TPSA) is 89.5 Å². The average Bonchev–Trinajstić information content (AvgIpc) is 2.53. The van der Waals surface area contributed by atoms with Crippen LogP contribution in [-0.2, 0) is 23.6 Å². The minimum absolute atomic E-state index is 0.255. The van der Waals surface area contributed by atoms with Gasteiger partial charge in [0.15, 0.2) is 14.1 Å². The van der Waals surface area contributed by atoms with Crippen LogP contribution in [-0.4, -0.2) is 44.4 Å². The Labute approximate surface area is 162 Å². The third-order valence-corrected chi connectivity index (χ3v) is 9.28. The highest BCUT2D eigenvalue weighted by atomic mass is 28.4. The third kappa shape index (κ3) is 5.48. The fourth-order valence-electron chi connectivity index (χ4n) is 2.14. The molecule has 28 heavy (non-hydrogen) atoms. The summed E-state index contributed by atoms with van der Waals surface area (Å²) in [4.78, 5) is 47.2. The molecule has 0 saturated carbocycles. The van der Waals surface area contributed by atoms with Crippen molar-refractivity contribution in [1.29, 1.82) is 0 Å². The molecule has 1 amide bonds. The predicted molar refractivity (Wildman–Crippen MR) is 97.7 cm³/mol. The number of hydrogen-bond acceptors (Lipinski definition) is 5. The summed E-state index contributed by atoms with van der Waals surface area (Å²) in [7, 11) is -2.52. The van der Waals surface area contributed by atoms with Gasteiger partial charge in [-0.25, -0.2) is 0 Å². The van der Waals surface area contributed by atoms with Crippen LogP contribution < -0.4 is 5.32 Å². The van der Waals surface area contributed by atoms with Crippen LogP contribution in [0.5, 0.6) is 0 Å². The van der Waals surface area contributed by atoms with Crippen molar-refractivity contribution in [3.05, 3.63) is 23.4 Å². The number of aldehydes is 1. The van der Waals surface area contributed by atoms with Gasteiger partial charge >= 0.3 is 12.1 Å². The minimum atomic E-state index is -5.22. The van der Waals surface area contributed by atoms with E-state index in [1.807, 2.05) is 33.9 Å². The molecule has 1 aliphatic carbocycles. The van der Waals surface area contributed by atoms with Crippen molar-refractivity contribution in [2.24, 2.45) is 5.92 Å².